The maximum absolute atomic E-state index is 12.2. The first-order valence-corrected chi connectivity index (χ1v) is 5.85. The van der Waals surface area contributed by atoms with Crippen molar-refractivity contribution in [3.63, 3.8) is 0 Å². The van der Waals surface area contributed by atoms with E-state index in [0.29, 0.717) is 16.7 Å². The topological polar surface area (TPSA) is 63.3 Å². The number of nitrogens with zero attached hydrogens (tertiary/aromatic N) is 1. The number of fused-ring (bicyclic) bond motifs is 1. The molecule has 0 unspecified atom stereocenters. The Morgan fingerprint density at radius 3 is 2.74 bits per heavy atom. The fourth-order valence-electron chi connectivity index (χ4n) is 2.07. The van der Waals surface area contributed by atoms with E-state index in [0.717, 1.165) is 5.56 Å². The van der Waals surface area contributed by atoms with E-state index in [2.05, 4.69) is 4.98 Å². The largest absolute Gasteiger partial charge is 0.501 e. The molecule has 19 heavy (non-hydrogen) atoms. The van der Waals surface area contributed by atoms with Crippen LogP contribution >= 0.6 is 0 Å². The van der Waals surface area contributed by atoms with Gasteiger partial charge in [-0.05, 0) is 30.7 Å². The Balaban J connectivity index is 2.41. The molecule has 94 valence electrons. The average Bonchev–Trinajstić information content (AvgIpc) is 2.43. The van der Waals surface area contributed by atoms with Crippen LogP contribution in [0, 0.1) is 6.92 Å². The zero-order valence-corrected chi connectivity index (χ0v) is 10.3. The van der Waals surface area contributed by atoms with Crippen LogP contribution in [0.2, 0.25) is 0 Å². The molecule has 2 heterocycles. The smallest absolute Gasteiger partial charge is 0.235 e. The Labute approximate surface area is 109 Å². The van der Waals surface area contributed by atoms with Gasteiger partial charge in [0.2, 0.25) is 11.2 Å². The molecular weight excluding hydrogens is 242 g/mol. The van der Waals surface area contributed by atoms with E-state index in [1.165, 1.54) is 0 Å². The third-order valence-corrected chi connectivity index (χ3v) is 3.00. The maximum atomic E-state index is 12.2. The van der Waals surface area contributed by atoms with Crippen LogP contribution in [0.3, 0.4) is 0 Å². The zero-order chi connectivity index (χ0) is 13.4. The van der Waals surface area contributed by atoms with Gasteiger partial charge in [-0.2, -0.15) is 0 Å². The molecule has 0 atom stereocenters. The Morgan fingerprint density at radius 2 is 2.00 bits per heavy atom. The number of rotatable bonds is 1. The van der Waals surface area contributed by atoms with E-state index in [-0.39, 0.29) is 5.76 Å². The lowest BCUT2D eigenvalue weighted by Crippen LogP contribution is -2.04. The van der Waals surface area contributed by atoms with Crippen LogP contribution in [0.1, 0.15) is 5.56 Å². The van der Waals surface area contributed by atoms with Gasteiger partial charge in [-0.3, -0.25) is 9.78 Å². The molecule has 0 amide bonds. The third-order valence-electron chi connectivity index (χ3n) is 3.00. The van der Waals surface area contributed by atoms with Crippen LogP contribution in [0.15, 0.2) is 51.8 Å². The second-order valence-corrected chi connectivity index (χ2v) is 4.27. The molecule has 3 aromatic rings. The monoisotopic (exact) mass is 253 g/mol. The molecule has 0 spiro atoms. The SMILES string of the molecule is Cc1cccc2oc(-c3ccccn3)c(O)c(=O)c12. The van der Waals surface area contributed by atoms with E-state index < -0.39 is 11.2 Å². The highest BCUT2D eigenvalue weighted by Gasteiger charge is 2.16. The Hall–Kier alpha value is -2.62. The second-order valence-electron chi connectivity index (χ2n) is 4.27. The molecule has 0 saturated carbocycles. The highest BCUT2D eigenvalue weighted by atomic mass is 16.4. The van der Waals surface area contributed by atoms with Gasteiger partial charge in [0.15, 0.2) is 5.76 Å². The van der Waals surface area contributed by atoms with E-state index in [1.54, 1.807) is 49.5 Å². The van der Waals surface area contributed by atoms with Crippen LogP contribution in [0.5, 0.6) is 5.75 Å². The van der Waals surface area contributed by atoms with Gasteiger partial charge in [0, 0.05) is 6.20 Å². The summed E-state index contributed by atoms with van der Waals surface area (Å²) in [6, 6.07) is 10.5. The molecule has 4 heteroatoms. The minimum Gasteiger partial charge on any atom is -0.501 e. The van der Waals surface area contributed by atoms with Crippen molar-refractivity contribution >= 4 is 11.0 Å². The lowest BCUT2D eigenvalue weighted by atomic mass is 10.1. The normalized spacial score (nSPS) is 10.8. The molecule has 4 nitrogen and oxygen atoms in total. The fraction of sp³-hybridized carbons (Fsp3) is 0.0667. The van der Waals surface area contributed by atoms with Gasteiger partial charge < -0.3 is 9.52 Å². The van der Waals surface area contributed by atoms with Crippen molar-refractivity contribution in [2.45, 2.75) is 6.92 Å². The van der Waals surface area contributed by atoms with Crippen molar-refractivity contribution in [1.29, 1.82) is 0 Å². The number of hydrogen-bond donors (Lipinski definition) is 1. The summed E-state index contributed by atoms with van der Waals surface area (Å²) in [6.45, 7) is 1.80. The lowest BCUT2D eigenvalue weighted by molar-refractivity contribution is 0.448. The van der Waals surface area contributed by atoms with E-state index in [1.807, 2.05) is 0 Å². The van der Waals surface area contributed by atoms with Crippen molar-refractivity contribution in [3.8, 4) is 17.2 Å². The number of aryl methyl sites for hydroxylation is 1. The second kappa shape index (κ2) is 4.24. The summed E-state index contributed by atoms with van der Waals surface area (Å²) in [5.74, 6) is -0.302. The first kappa shape index (κ1) is 11.5. The van der Waals surface area contributed by atoms with Gasteiger partial charge in [-0.25, -0.2) is 0 Å². The van der Waals surface area contributed by atoms with Gasteiger partial charge in [0.25, 0.3) is 0 Å². The highest BCUT2D eigenvalue weighted by molar-refractivity contribution is 5.84. The van der Waals surface area contributed by atoms with Crippen molar-refractivity contribution in [2.75, 3.05) is 0 Å². The predicted molar refractivity (Wildman–Crippen MR) is 72.1 cm³/mol. The molecule has 3 rings (SSSR count). The van der Waals surface area contributed by atoms with Crippen molar-refractivity contribution in [1.82, 2.24) is 4.98 Å². The van der Waals surface area contributed by atoms with Gasteiger partial charge in [0.1, 0.15) is 11.3 Å². The average molecular weight is 253 g/mol. The number of aromatic hydroxyl groups is 1. The molecule has 0 radical (unpaired) electrons. The maximum Gasteiger partial charge on any atom is 0.235 e. The molecular formula is C15H11NO3. The Morgan fingerprint density at radius 1 is 1.16 bits per heavy atom. The Kier molecular flexibility index (Phi) is 2.56. The van der Waals surface area contributed by atoms with E-state index in [9.17, 15) is 9.90 Å². The minimum atomic E-state index is -0.431. The fourth-order valence-corrected chi connectivity index (χ4v) is 2.07. The van der Waals surface area contributed by atoms with Crippen LogP contribution < -0.4 is 5.43 Å². The van der Waals surface area contributed by atoms with Crippen molar-refractivity contribution < 1.29 is 9.52 Å². The molecule has 0 aliphatic carbocycles. The summed E-state index contributed by atoms with van der Waals surface area (Å²) in [4.78, 5) is 16.3. The third kappa shape index (κ3) is 1.78. The van der Waals surface area contributed by atoms with Crippen LogP contribution in [-0.4, -0.2) is 10.1 Å². The van der Waals surface area contributed by atoms with Crippen molar-refractivity contribution in [2.24, 2.45) is 0 Å². The van der Waals surface area contributed by atoms with Gasteiger partial charge >= 0.3 is 0 Å². The van der Waals surface area contributed by atoms with E-state index >= 15 is 0 Å². The van der Waals surface area contributed by atoms with Crippen LogP contribution in [0.4, 0.5) is 0 Å². The highest BCUT2D eigenvalue weighted by Crippen LogP contribution is 2.29. The quantitative estimate of drug-likeness (QED) is 0.724. The molecule has 0 fully saturated rings. The summed E-state index contributed by atoms with van der Waals surface area (Å²) in [5.41, 5.74) is 1.22. The first-order valence-electron chi connectivity index (χ1n) is 5.85. The van der Waals surface area contributed by atoms with Gasteiger partial charge in [-0.1, -0.05) is 18.2 Å². The van der Waals surface area contributed by atoms with Gasteiger partial charge in [-0.15, -0.1) is 0 Å². The van der Waals surface area contributed by atoms with Crippen LogP contribution in [-0.2, 0) is 0 Å². The summed E-state index contributed by atoms with van der Waals surface area (Å²) >= 11 is 0. The predicted octanol–water partition coefficient (Wildman–Crippen LogP) is 2.87. The molecule has 1 N–H and O–H groups in total. The number of aromatic nitrogens is 1. The molecule has 0 aliphatic heterocycles. The Bertz CT molecular complexity index is 807. The van der Waals surface area contributed by atoms with Crippen molar-refractivity contribution in [3.05, 3.63) is 58.4 Å². The number of hydrogen-bond acceptors (Lipinski definition) is 4. The summed E-state index contributed by atoms with van der Waals surface area (Å²) in [6.07, 6.45) is 1.58. The molecule has 2 aromatic heterocycles. The summed E-state index contributed by atoms with van der Waals surface area (Å²) in [5, 5.41) is 10.4. The van der Waals surface area contributed by atoms with E-state index in [4.69, 9.17) is 4.42 Å². The number of pyridine rings is 1. The summed E-state index contributed by atoms with van der Waals surface area (Å²) < 4.78 is 5.63. The minimum absolute atomic E-state index is 0.101. The number of benzene rings is 1. The van der Waals surface area contributed by atoms with Gasteiger partial charge in [0.05, 0.1) is 5.39 Å². The molecule has 0 aliphatic rings. The first-order chi connectivity index (χ1) is 9.18. The molecule has 1 aromatic carbocycles. The zero-order valence-electron chi connectivity index (χ0n) is 10.3. The van der Waals surface area contributed by atoms with Crippen LogP contribution in [0.25, 0.3) is 22.4 Å². The molecule has 0 bridgehead atoms. The summed E-state index contributed by atoms with van der Waals surface area (Å²) in [7, 11) is 0. The molecule has 0 saturated heterocycles. The standard InChI is InChI=1S/C15H11NO3/c1-9-5-4-7-11-12(9)13(17)14(18)15(19-11)10-6-2-3-8-16-10/h2-8,18H,1H3. The lowest BCUT2D eigenvalue weighted by Gasteiger charge is -2.06.